The second-order valence-electron chi connectivity index (χ2n) is 8.88. The molecule has 0 amide bonds. The summed E-state index contributed by atoms with van der Waals surface area (Å²) in [7, 11) is 0. The van der Waals surface area contributed by atoms with Gasteiger partial charge in [0.25, 0.3) is 0 Å². The molecule has 3 saturated heterocycles. The van der Waals surface area contributed by atoms with E-state index >= 15 is 0 Å². The van der Waals surface area contributed by atoms with Gasteiger partial charge in [-0.25, -0.2) is 24.5 Å². The number of anilines is 1. The predicted molar refractivity (Wildman–Crippen MR) is 116 cm³/mol. The van der Waals surface area contributed by atoms with Crippen molar-refractivity contribution in [3.05, 3.63) is 24.3 Å². The number of imidazole rings is 1. The van der Waals surface area contributed by atoms with Crippen LogP contribution in [0.1, 0.15) is 26.5 Å². The van der Waals surface area contributed by atoms with Gasteiger partial charge in [0.2, 0.25) is 5.79 Å². The van der Waals surface area contributed by atoms with Crippen LogP contribution in [0.5, 0.6) is 0 Å². The number of allylic oxidation sites excluding steroid dienone is 1. The summed E-state index contributed by atoms with van der Waals surface area (Å²) in [4.78, 5) is 36.4. The molecule has 2 aromatic heterocycles. The van der Waals surface area contributed by atoms with Gasteiger partial charge in [-0.15, -0.1) is 0 Å². The van der Waals surface area contributed by atoms with Crippen molar-refractivity contribution in [1.29, 1.82) is 0 Å². The Hall–Kier alpha value is -3.21. The molecular formula is C21H25N5O10. The molecular weight excluding hydrogens is 482 g/mol. The number of aromatic nitrogens is 4. The number of carbonyl (C=O) groups is 2. The minimum Gasteiger partial charge on any atom is -0.479 e. The van der Waals surface area contributed by atoms with Crippen molar-refractivity contribution in [1.82, 2.24) is 19.5 Å². The smallest absolute Gasteiger partial charge is 0.335 e. The number of aliphatic carboxylic acids is 1. The first kappa shape index (κ1) is 24.5. The van der Waals surface area contributed by atoms with E-state index in [0.29, 0.717) is 5.52 Å². The van der Waals surface area contributed by atoms with Gasteiger partial charge < -0.3 is 45.1 Å². The molecule has 194 valence electrons. The van der Waals surface area contributed by atoms with Crippen molar-refractivity contribution in [3.8, 4) is 0 Å². The van der Waals surface area contributed by atoms with Crippen LogP contribution >= 0.6 is 0 Å². The van der Waals surface area contributed by atoms with E-state index < -0.39 is 66.7 Å². The minimum absolute atomic E-state index is 0.128. The first-order valence-corrected chi connectivity index (χ1v) is 11.1. The lowest BCUT2D eigenvalue weighted by atomic mass is 9.84. The topological polar surface area (TPSA) is 222 Å². The van der Waals surface area contributed by atoms with Crippen molar-refractivity contribution in [2.24, 2.45) is 0 Å². The molecule has 0 spiro atoms. The minimum atomic E-state index is -2.49. The highest BCUT2D eigenvalue weighted by atomic mass is 16.7. The summed E-state index contributed by atoms with van der Waals surface area (Å²) < 4.78 is 24.0. The zero-order valence-electron chi connectivity index (χ0n) is 19.2. The molecule has 15 heteroatoms. The number of esters is 1. The van der Waals surface area contributed by atoms with E-state index in [0.717, 1.165) is 0 Å². The second kappa shape index (κ2) is 8.72. The Bertz CT molecular complexity index is 1230. The summed E-state index contributed by atoms with van der Waals surface area (Å²) in [6.45, 7) is 3.04. The fourth-order valence-electron chi connectivity index (χ4n) is 4.76. The Kier molecular flexibility index (Phi) is 5.93. The quantitative estimate of drug-likeness (QED) is 0.228. The van der Waals surface area contributed by atoms with Gasteiger partial charge in [-0.05, 0) is 13.8 Å². The molecule has 0 bridgehead atoms. The van der Waals surface area contributed by atoms with Crippen molar-refractivity contribution in [2.45, 2.75) is 75.0 Å². The number of aliphatic hydroxyl groups excluding tert-OH is 2. The number of nitrogens with zero attached hydrogens (tertiary/aromatic N) is 4. The highest BCUT2D eigenvalue weighted by molar-refractivity contribution is 5.88. The molecule has 3 aliphatic rings. The van der Waals surface area contributed by atoms with Crippen LogP contribution in [-0.4, -0.2) is 100 Å². The molecule has 3 aliphatic heterocycles. The number of carbonyl (C=O) groups excluding carboxylic acids is 1. The molecule has 0 saturated carbocycles. The zero-order valence-corrected chi connectivity index (χ0v) is 19.2. The van der Waals surface area contributed by atoms with Gasteiger partial charge in [0.05, 0.1) is 12.4 Å². The number of carboxylic acids is 1. The molecule has 3 fully saturated rings. The van der Waals surface area contributed by atoms with Crippen LogP contribution in [-0.2, 0) is 28.5 Å². The highest BCUT2D eigenvalue weighted by Gasteiger charge is 2.66. The Balaban J connectivity index is 1.47. The number of rotatable bonds is 4. The Morgan fingerprint density at radius 1 is 1.25 bits per heavy atom. The third-order valence-corrected chi connectivity index (χ3v) is 6.77. The lowest BCUT2D eigenvalue weighted by Gasteiger charge is -2.52. The Morgan fingerprint density at radius 3 is 2.69 bits per heavy atom. The van der Waals surface area contributed by atoms with Crippen LogP contribution in [0, 0.1) is 0 Å². The average Bonchev–Trinajstić information content (AvgIpc) is 3.40. The molecule has 5 heterocycles. The molecule has 0 aromatic carbocycles. The summed E-state index contributed by atoms with van der Waals surface area (Å²) in [5.74, 6) is -4.78. The van der Waals surface area contributed by atoms with Crippen LogP contribution in [0.2, 0.25) is 0 Å². The van der Waals surface area contributed by atoms with Crippen LogP contribution in [0.15, 0.2) is 24.3 Å². The zero-order chi connectivity index (χ0) is 25.9. The third kappa shape index (κ3) is 3.63. The van der Waals surface area contributed by atoms with Gasteiger partial charge in [0.15, 0.2) is 29.9 Å². The van der Waals surface area contributed by atoms with Gasteiger partial charge in [-0.1, -0.05) is 6.08 Å². The van der Waals surface area contributed by atoms with E-state index in [1.165, 1.54) is 30.2 Å². The molecule has 2 aromatic rings. The number of fused-ring (bicyclic) bond motifs is 3. The third-order valence-electron chi connectivity index (χ3n) is 6.77. The standard InChI is InChI=1S/C21H25N5O10/c1-3-7(2)20(31)35-15-11(27)14(19(29)30)34-9-4-8-13(36-21(9,15)32)12(28)18(33-8)26-6-25-10-16(22)23-5-24-17(10)26/h3,5-6,8-9,11-15,18,27-28,32H,4H2,1-2H3,(H,29,30)(H2,22,23,24). The first-order chi connectivity index (χ1) is 17.1. The molecule has 36 heavy (non-hydrogen) atoms. The van der Waals surface area contributed by atoms with Crippen LogP contribution in [0.3, 0.4) is 0 Å². The van der Waals surface area contributed by atoms with Gasteiger partial charge in [-0.3, -0.25) is 4.57 Å². The van der Waals surface area contributed by atoms with Crippen molar-refractivity contribution in [3.63, 3.8) is 0 Å². The van der Waals surface area contributed by atoms with Crippen molar-refractivity contribution < 1.29 is 49.0 Å². The fraction of sp³-hybridized carbons (Fsp3) is 0.571. The number of ether oxygens (including phenoxy) is 4. The van der Waals surface area contributed by atoms with Crippen LogP contribution < -0.4 is 5.73 Å². The fourth-order valence-corrected chi connectivity index (χ4v) is 4.76. The van der Waals surface area contributed by atoms with E-state index in [2.05, 4.69) is 15.0 Å². The van der Waals surface area contributed by atoms with Crippen LogP contribution in [0.25, 0.3) is 11.2 Å². The molecule has 9 atom stereocenters. The number of nitrogens with two attached hydrogens (primary N) is 1. The SMILES string of the molecule is CC=C(C)C(=O)OC1C(O)C(C(=O)O)OC2CC3OC(n4cnc5c(N)ncnc54)C(O)C3OC21O. The second-order valence-corrected chi connectivity index (χ2v) is 8.88. The number of nitrogen functional groups attached to an aromatic ring is 1. The Morgan fingerprint density at radius 2 is 2.00 bits per heavy atom. The van der Waals surface area contributed by atoms with E-state index in [4.69, 9.17) is 24.7 Å². The summed E-state index contributed by atoms with van der Waals surface area (Å²) in [6.07, 6.45) is -7.62. The van der Waals surface area contributed by atoms with Crippen LogP contribution in [0.4, 0.5) is 5.82 Å². The van der Waals surface area contributed by atoms with E-state index in [9.17, 15) is 30.0 Å². The largest absolute Gasteiger partial charge is 0.479 e. The molecule has 0 aliphatic carbocycles. The first-order valence-electron chi connectivity index (χ1n) is 11.1. The maximum Gasteiger partial charge on any atom is 0.335 e. The summed E-state index contributed by atoms with van der Waals surface area (Å²) in [5.41, 5.74) is 6.57. The molecule has 15 nitrogen and oxygen atoms in total. The average molecular weight is 507 g/mol. The van der Waals surface area contributed by atoms with Crippen molar-refractivity contribution >= 4 is 28.9 Å². The maximum atomic E-state index is 12.5. The summed E-state index contributed by atoms with van der Waals surface area (Å²) >= 11 is 0. The highest BCUT2D eigenvalue weighted by Crippen LogP contribution is 2.47. The molecule has 6 N–H and O–H groups in total. The normalized spacial score (nSPS) is 38.4. The number of aliphatic hydroxyl groups is 3. The number of hydrogen-bond acceptors (Lipinski definition) is 13. The van der Waals surface area contributed by atoms with E-state index in [-0.39, 0.29) is 23.5 Å². The Labute approximate surface area is 203 Å². The molecule has 9 unspecified atom stereocenters. The summed E-state index contributed by atoms with van der Waals surface area (Å²) in [5, 5.41) is 42.8. The lowest BCUT2D eigenvalue weighted by Crippen LogP contribution is -2.73. The predicted octanol–water partition coefficient (Wildman–Crippen LogP) is -1.76. The summed E-state index contributed by atoms with van der Waals surface area (Å²) in [6, 6.07) is 0. The van der Waals surface area contributed by atoms with E-state index in [1.54, 1.807) is 6.92 Å². The van der Waals surface area contributed by atoms with Crippen molar-refractivity contribution in [2.75, 3.05) is 5.73 Å². The number of carboxylic acid groups (broad SMARTS) is 1. The van der Waals surface area contributed by atoms with E-state index in [1.807, 2.05) is 0 Å². The maximum absolute atomic E-state index is 12.5. The van der Waals surface area contributed by atoms with Gasteiger partial charge in [0.1, 0.15) is 36.3 Å². The van der Waals surface area contributed by atoms with Gasteiger partial charge >= 0.3 is 11.9 Å². The number of hydrogen-bond donors (Lipinski definition) is 5. The molecule has 5 rings (SSSR count). The van der Waals surface area contributed by atoms with Gasteiger partial charge in [-0.2, -0.15) is 0 Å². The van der Waals surface area contributed by atoms with Gasteiger partial charge in [0, 0.05) is 12.0 Å². The monoisotopic (exact) mass is 507 g/mol. The lowest BCUT2D eigenvalue weighted by molar-refractivity contribution is -0.396. The molecule has 0 radical (unpaired) electrons.